The van der Waals surface area contributed by atoms with Crippen LogP contribution in [0.5, 0.6) is 0 Å². The molecule has 0 aliphatic carbocycles. The molecule has 3 aromatic carbocycles. The number of nitrogens with one attached hydrogen (secondary N) is 1. The molecule has 0 saturated heterocycles. The van der Waals surface area contributed by atoms with E-state index in [4.69, 9.17) is 0 Å². The molecular weight excluding hydrogens is 282 g/mol. The molecule has 0 spiro atoms. The molecule has 1 amide bonds. The van der Waals surface area contributed by atoms with Crippen molar-refractivity contribution in [3.05, 3.63) is 83.9 Å². The van der Waals surface area contributed by atoms with E-state index < -0.39 is 5.54 Å². The number of carbonyl (C=O) groups excluding carboxylic acids is 1. The van der Waals surface area contributed by atoms with Gasteiger partial charge in [0, 0.05) is 0 Å². The van der Waals surface area contributed by atoms with Crippen LogP contribution in [0.25, 0.3) is 10.8 Å². The Morgan fingerprint density at radius 1 is 0.870 bits per heavy atom. The van der Waals surface area contributed by atoms with Crippen LogP contribution in [-0.2, 0) is 16.8 Å². The Morgan fingerprint density at radius 3 is 2.26 bits per heavy atom. The second-order valence-corrected chi connectivity index (χ2v) is 6.40. The molecule has 0 radical (unpaired) electrons. The van der Waals surface area contributed by atoms with Crippen LogP contribution in [0.4, 0.5) is 0 Å². The largest absolute Gasteiger partial charge is 0.347 e. The average molecular weight is 303 g/mol. The van der Waals surface area contributed by atoms with Crippen LogP contribution in [0.2, 0.25) is 0 Å². The molecule has 0 bridgehead atoms. The van der Waals surface area contributed by atoms with E-state index in [0.29, 0.717) is 6.42 Å². The van der Waals surface area contributed by atoms with E-state index in [1.165, 1.54) is 10.8 Å². The van der Waals surface area contributed by atoms with Crippen LogP contribution < -0.4 is 5.32 Å². The Labute approximate surface area is 137 Å². The van der Waals surface area contributed by atoms with Gasteiger partial charge in [0.25, 0.3) is 0 Å². The number of hydrogen-bond donors (Lipinski definition) is 1. The molecule has 0 fully saturated rings. The van der Waals surface area contributed by atoms with Crippen molar-refractivity contribution in [2.24, 2.45) is 0 Å². The molecule has 0 saturated carbocycles. The average Bonchev–Trinajstić information content (AvgIpc) is 2.54. The Hall–Kier alpha value is -2.61. The van der Waals surface area contributed by atoms with Gasteiger partial charge in [-0.1, -0.05) is 66.7 Å². The minimum atomic E-state index is -0.407. The van der Waals surface area contributed by atoms with E-state index in [2.05, 4.69) is 35.6 Å². The Bertz CT molecular complexity index is 821. The molecule has 1 N–H and O–H groups in total. The fraction of sp³-hybridized carbons (Fsp3) is 0.190. The number of fused-ring (bicyclic) bond motifs is 1. The summed E-state index contributed by atoms with van der Waals surface area (Å²) in [5, 5.41) is 5.55. The summed E-state index contributed by atoms with van der Waals surface area (Å²) in [7, 11) is 0. The smallest absolute Gasteiger partial charge is 0.225 e. The van der Waals surface area contributed by atoms with Gasteiger partial charge in [-0.15, -0.1) is 0 Å². The first kappa shape index (κ1) is 15.3. The fourth-order valence-corrected chi connectivity index (χ4v) is 2.82. The third kappa shape index (κ3) is 3.59. The first-order valence-corrected chi connectivity index (χ1v) is 7.89. The van der Waals surface area contributed by atoms with Gasteiger partial charge in [-0.2, -0.15) is 0 Å². The minimum absolute atomic E-state index is 0.0364. The van der Waals surface area contributed by atoms with Crippen LogP contribution in [-0.4, -0.2) is 5.91 Å². The van der Waals surface area contributed by atoms with Crippen LogP contribution in [0.1, 0.15) is 25.0 Å². The zero-order valence-electron chi connectivity index (χ0n) is 13.5. The number of amides is 1. The highest BCUT2D eigenvalue weighted by Crippen LogP contribution is 2.24. The van der Waals surface area contributed by atoms with Gasteiger partial charge in [0.05, 0.1) is 12.0 Å². The fourth-order valence-electron chi connectivity index (χ4n) is 2.82. The van der Waals surface area contributed by atoms with E-state index in [1.807, 2.05) is 56.3 Å². The number of benzene rings is 3. The molecule has 3 aromatic rings. The number of carbonyl (C=O) groups is 1. The van der Waals surface area contributed by atoms with Gasteiger partial charge in [0.15, 0.2) is 0 Å². The van der Waals surface area contributed by atoms with Gasteiger partial charge >= 0.3 is 0 Å². The van der Waals surface area contributed by atoms with E-state index in [9.17, 15) is 4.79 Å². The highest BCUT2D eigenvalue weighted by atomic mass is 16.1. The van der Waals surface area contributed by atoms with E-state index >= 15 is 0 Å². The highest BCUT2D eigenvalue weighted by Gasteiger charge is 2.23. The quantitative estimate of drug-likeness (QED) is 0.759. The molecule has 23 heavy (non-hydrogen) atoms. The van der Waals surface area contributed by atoms with Gasteiger partial charge in [-0.05, 0) is 41.8 Å². The lowest BCUT2D eigenvalue weighted by atomic mass is 9.92. The second-order valence-electron chi connectivity index (χ2n) is 6.40. The summed E-state index contributed by atoms with van der Waals surface area (Å²) in [6, 6.07) is 24.4. The van der Waals surface area contributed by atoms with Crippen molar-refractivity contribution >= 4 is 16.7 Å². The van der Waals surface area contributed by atoms with Gasteiger partial charge in [-0.25, -0.2) is 0 Å². The van der Waals surface area contributed by atoms with Crippen LogP contribution in [0, 0.1) is 0 Å². The predicted molar refractivity (Wildman–Crippen MR) is 95.3 cm³/mol. The molecular formula is C21H21NO. The Kier molecular flexibility index (Phi) is 4.16. The lowest BCUT2D eigenvalue weighted by molar-refractivity contribution is -0.122. The van der Waals surface area contributed by atoms with Crippen molar-refractivity contribution in [1.82, 2.24) is 5.32 Å². The standard InChI is InChI=1S/C21H21NO/c1-21(2,22-20(23)14-16-8-4-3-5-9-16)19-13-12-17-10-6-7-11-18(17)15-19/h3-13,15H,14H2,1-2H3,(H,22,23). The summed E-state index contributed by atoms with van der Waals surface area (Å²) in [6.07, 6.45) is 0.401. The lowest BCUT2D eigenvalue weighted by Crippen LogP contribution is -2.41. The maximum atomic E-state index is 12.4. The van der Waals surface area contributed by atoms with Crippen molar-refractivity contribution in [2.75, 3.05) is 0 Å². The van der Waals surface area contributed by atoms with Crippen LogP contribution in [0.3, 0.4) is 0 Å². The maximum absolute atomic E-state index is 12.4. The normalized spacial score (nSPS) is 11.4. The SMILES string of the molecule is CC(C)(NC(=O)Cc1ccccc1)c1ccc2ccccc2c1. The molecule has 3 rings (SSSR count). The third-order valence-electron chi connectivity index (χ3n) is 4.13. The molecule has 116 valence electrons. The molecule has 0 unspecified atom stereocenters. The first-order chi connectivity index (χ1) is 11.0. The summed E-state index contributed by atoms with van der Waals surface area (Å²) < 4.78 is 0. The molecule has 0 atom stereocenters. The van der Waals surface area contributed by atoms with Gasteiger partial charge in [0.2, 0.25) is 5.91 Å². The van der Waals surface area contributed by atoms with E-state index in [-0.39, 0.29) is 5.91 Å². The van der Waals surface area contributed by atoms with E-state index in [1.54, 1.807) is 0 Å². The summed E-state index contributed by atoms with van der Waals surface area (Å²) >= 11 is 0. The van der Waals surface area contributed by atoms with Crippen molar-refractivity contribution in [3.63, 3.8) is 0 Å². The zero-order valence-corrected chi connectivity index (χ0v) is 13.5. The zero-order chi connectivity index (χ0) is 16.3. The summed E-state index contributed by atoms with van der Waals surface area (Å²) in [5.41, 5.74) is 1.73. The number of hydrogen-bond acceptors (Lipinski definition) is 1. The number of rotatable bonds is 4. The maximum Gasteiger partial charge on any atom is 0.225 e. The van der Waals surface area contributed by atoms with Crippen molar-refractivity contribution in [3.8, 4) is 0 Å². The minimum Gasteiger partial charge on any atom is -0.347 e. The van der Waals surface area contributed by atoms with Crippen molar-refractivity contribution < 1.29 is 4.79 Å². The molecule has 2 heteroatoms. The van der Waals surface area contributed by atoms with Gasteiger partial charge < -0.3 is 5.32 Å². The molecule has 0 heterocycles. The third-order valence-corrected chi connectivity index (χ3v) is 4.13. The van der Waals surface area contributed by atoms with Crippen LogP contribution in [0.15, 0.2) is 72.8 Å². The highest BCUT2D eigenvalue weighted by molar-refractivity contribution is 5.84. The first-order valence-electron chi connectivity index (χ1n) is 7.89. The summed E-state index contributed by atoms with van der Waals surface area (Å²) in [6.45, 7) is 4.08. The molecule has 0 aliphatic rings. The monoisotopic (exact) mass is 303 g/mol. The van der Waals surface area contributed by atoms with Crippen molar-refractivity contribution in [2.45, 2.75) is 25.8 Å². The summed E-state index contributed by atoms with van der Waals surface area (Å²) in [4.78, 5) is 12.4. The Morgan fingerprint density at radius 2 is 1.52 bits per heavy atom. The topological polar surface area (TPSA) is 29.1 Å². The van der Waals surface area contributed by atoms with Crippen LogP contribution >= 0.6 is 0 Å². The predicted octanol–water partition coefficient (Wildman–Crippen LogP) is 4.43. The summed E-state index contributed by atoms with van der Waals surface area (Å²) in [5.74, 6) is 0.0364. The molecule has 2 nitrogen and oxygen atoms in total. The van der Waals surface area contributed by atoms with E-state index in [0.717, 1.165) is 11.1 Å². The van der Waals surface area contributed by atoms with Gasteiger partial charge in [0.1, 0.15) is 0 Å². The van der Waals surface area contributed by atoms with Gasteiger partial charge in [-0.3, -0.25) is 4.79 Å². The molecule has 0 aliphatic heterocycles. The molecule has 0 aromatic heterocycles. The second kappa shape index (κ2) is 6.25. The van der Waals surface area contributed by atoms with Crippen molar-refractivity contribution in [1.29, 1.82) is 0 Å². The lowest BCUT2D eigenvalue weighted by Gasteiger charge is -2.27. The Balaban J connectivity index is 1.78.